The molecule has 28 heavy (non-hydrogen) atoms. The van der Waals surface area contributed by atoms with E-state index in [0.29, 0.717) is 36.7 Å². The molecular formula is C19H24ClN5O3. The van der Waals surface area contributed by atoms with Gasteiger partial charge in [0, 0.05) is 31.2 Å². The fourth-order valence-corrected chi connectivity index (χ4v) is 4.21. The van der Waals surface area contributed by atoms with E-state index in [1.54, 1.807) is 4.68 Å². The van der Waals surface area contributed by atoms with Gasteiger partial charge in [0.1, 0.15) is 13.2 Å². The molecule has 1 amide bonds. The largest absolute Gasteiger partial charge is 0.486 e. The molecule has 1 N–H and O–H groups in total. The number of nitrogens with one attached hydrogen (secondary N) is 1. The van der Waals surface area contributed by atoms with Crippen LogP contribution in [0.2, 0.25) is 0 Å². The molecule has 3 aliphatic heterocycles. The van der Waals surface area contributed by atoms with E-state index in [4.69, 9.17) is 9.47 Å². The highest BCUT2D eigenvalue weighted by molar-refractivity contribution is 5.93. The molecule has 0 spiro atoms. The molecule has 2 aromatic rings. The van der Waals surface area contributed by atoms with Crippen molar-refractivity contribution in [3.63, 3.8) is 0 Å². The van der Waals surface area contributed by atoms with Gasteiger partial charge in [-0.2, -0.15) is 0 Å². The Balaban J connectivity index is 0.00000192. The number of carbonyl (C=O) groups is 1. The van der Waals surface area contributed by atoms with E-state index in [-0.39, 0.29) is 18.3 Å². The van der Waals surface area contributed by atoms with Crippen molar-refractivity contribution >= 4 is 18.3 Å². The van der Waals surface area contributed by atoms with Crippen LogP contribution < -0.4 is 14.8 Å². The summed E-state index contributed by atoms with van der Waals surface area (Å²) in [6.45, 7) is 4.48. The number of amides is 1. The Kier molecular flexibility index (Phi) is 5.16. The number of ether oxygens (including phenoxy) is 2. The van der Waals surface area contributed by atoms with Crippen LogP contribution in [-0.4, -0.2) is 64.2 Å². The number of hydrogen-bond donors (Lipinski definition) is 1. The van der Waals surface area contributed by atoms with Gasteiger partial charge in [-0.25, -0.2) is 4.68 Å². The number of halogens is 1. The van der Waals surface area contributed by atoms with Crippen LogP contribution in [0.25, 0.3) is 5.69 Å². The first-order valence-corrected chi connectivity index (χ1v) is 9.56. The second-order valence-corrected chi connectivity index (χ2v) is 7.44. The van der Waals surface area contributed by atoms with Crippen LogP contribution in [0, 0.1) is 6.92 Å². The van der Waals surface area contributed by atoms with Gasteiger partial charge in [-0.3, -0.25) is 4.79 Å². The average molecular weight is 406 g/mol. The Bertz CT molecular complexity index is 886. The molecule has 150 valence electrons. The maximum atomic E-state index is 13.1. The Morgan fingerprint density at radius 1 is 1.14 bits per heavy atom. The zero-order valence-electron chi connectivity index (χ0n) is 15.8. The fraction of sp³-hybridized carbons (Fsp3) is 0.526. The number of rotatable bonds is 2. The van der Waals surface area contributed by atoms with Crippen LogP contribution in [-0.2, 0) is 0 Å². The van der Waals surface area contributed by atoms with Crippen molar-refractivity contribution in [2.75, 3.05) is 26.3 Å². The lowest BCUT2D eigenvalue weighted by molar-refractivity contribution is 0.0741. The van der Waals surface area contributed by atoms with Gasteiger partial charge in [0.25, 0.3) is 5.91 Å². The predicted molar refractivity (Wildman–Crippen MR) is 105 cm³/mol. The first kappa shape index (κ1) is 19.0. The molecule has 8 nitrogen and oxygen atoms in total. The topological polar surface area (TPSA) is 81.5 Å². The molecule has 2 saturated heterocycles. The van der Waals surface area contributed by atoms with Crippen LogP contribution in [0.3, 0.4) is 0 Å². The summed E-state index contributed by atoms with van der Waals surface area (Å²) in [6.07, 6.45) is 3.35. The lowest BCUT2D eigenvalue weighted by Gasteiger charge is -2.23. The van der Waals surface area contributed by atoms with Crippen molar-refractivity contribution < 1.29 is 14.3 Å². The summed E-state index contributed by atoms with van der Waals surface area (Å²) >= 11 is 0. The highest BCUT2D eigenvalue weighted by Crippen LogP contribution is 2.32. The highest BCUT2D eigenvalue weighted by Gasteiger charge is 2.33. The van der Waals surface area contributed by atoms with Crippen molar-refractivity contribution in [3.05, 3.63) is 29.6 Å². The third kappa shape index (κ3) is 3.31. The molecule has 5 rings (SSSR count). The number of likely N-dealkylation sites (tertiary alicyclic amines) is 1. The van der Waals surface area contributed by atoms with Crippen molar-refractivity contribution in [2.45, 2.75) is 38.3 Å². The summed E-state index contributed by atoms with van der Waals surface area (Å²) in [6, 6.07) is 6.58. The lowest BCUT2D eigenvalue weighted by atomic mass is 10.1. The quantitative estimate of drug-likeness (QED) is 0.819. The molecule has 2 unspecified atom stereocenters. The van der Waals surface area contributed by atoms with Crippen LogP contribution >= 0.6 is 12.4 Å². The smallest absolute Gasteiger partial charge is 0.276 e. The molecule has 2 fully saturated rings. The SMILES string of the molecule is Cc1c(C(=O)N2CCC3CCC(C2)N3)nnn1-c1ccc2c(c1)OCCO2.Cl. The van der Waals surface area contributed by atoms with E-state index >= 15 is 0 Å². The molecule has 2 atom stereocenters. The Labute approximate surface area is 169 Å². The van der Waals surface area contributed by atoms with Crippen molar-refractivity contribution in [3.8, 4) is 17.2 Å². The zero-order valence-corrected chi connectivity index (χ0v) is 16.6. The van der Waals surface area contributed by atoms with E-state index < -0.39 is 0 Å². The minimum absolute atomic E-state index is 0. The van der Waals surface area contributed by atoms with Gasteiger partial charge in [-0.1, -0.05) is 5.21 Å². The molecular weight excluding hydrogens is 382 g/mol. The summed E-state index contributed by atoms with van der Waals surface area (Å²) in [5.41, 5.74) is 1.96. The van der Waals surface area contributed by atoms with Crippen molar-refractivity contribution in [2.24, 2.45) is 0 Å². The molecule has 1 aromatic carbocycles. The summed E-state index contributed by atoms with van der Waals surface area (Å²) in [5.74, 6) is 1.38. The summed E-state index contributed by atoms with van der Waals surface area (Å²) in [5, 5.41) is 12.0. The minimum atomic E-state index is -0.0364. The number of hydrogen-bond acceptors (Lipinski definition) is 6. The predicted octanol–water partition coefficient (Wildman–Crippen LogP) is 1.74. The monoisotopic (exact) mass is 405 g/mol. The molecule has 0 aliphatic carbocycles. The first-order chi connectivity index (χ1) is 13.2. The molecule has 1 aromatic heterocycles. The van der Waals surface area contributed by atoms with Crippen molar-refractivity contribution in [1.29, 1.82) is 0 Å². The highest BCUT2D eigenvalue weighted by atomic mass is 35.5. The van der Waals surface area contributed by atoms with Crippen LogP contribution in [0.5, 0.6) is 11.5 Å². The third-order valence-electron chi connectivity index (χ3n) is 5.68. The summed E-state index contributed by atoms with van der Waals surface area (Å²) in [7, 11) is 0. The average Bonchev–Trinajstić information content (AvgIpc) is 3.22. The number of carbonyl (C=O) groups excluding carboxylic acids is 1. The number of benzene rings is 1. The fourth-order valence-electron chi connectivity index (χ4n) is 4.21. The van der Waals surface area contributed by atoms with Crippen LogP contribution in [0.15, 0.2) is 18.2 Å². The maximum absolute atomic E-state index is 13.1. The van der Waals surface area contributed by atoms with E-state index in [1.807, 2.05) is 30.0 Å². The molecule has 0 radical (unpaired) electrons. The Morgan fingerprint density at radius 2 is 1.93 bits per heavy atom. The lowest BCUT2D eigenvalue weighted by Crippen LogP contribution is -2.39. The molecule has 3 aliphatic rings. The van der Waals surface area contributed by atoms with E-state index in [2.05, 4.69) is 15.6 Å². The second kappa shape index (κ2) is 7.60. The van der Waals surface area contributed by atoms with Crippen LogP contribution in [0.1, 0.15) is 35.4 Å². The van der Waals surface area contributed by atoms with Crippen molar-refractivity contribution in [1.82, 2.24) is 25.2 Å². The standard InChI is InChI=1S/C19H23N5O3.ClH/c1-12-18(19(25)23-7-6-13-2-3-14(11-23)20-13)21-22-24(12)15-4-5-16-17(10-15)27-9-8-26-16;/h4-5,10,13-14,20H,2-3,6-9,11H2,1H3;1H. The van der Waals surface area contributed by atoms with Crippen LogP contribution in [0.4, 0.5) is 0 Å². The minimum Gasteiger partial charge on any atom is -0.486 e. The van der Waals surface area contributed by atoms with Gasteiger partial charge in [0.05, 0.1) is 11.4 Å². The molecule has 0 saturated carbocycles. The zero-order chi connectivity index (χ0) is 18.4. The number of fused-ring (bicyclic) bond motifs is 3. The van der Waals surface area contributed by atoms with Gasteiger partial charge in [-0.05, 0) is 38.3 Å². The Hall–Kier alpha value is -2.32. The van der Waals surface area contributed by atoms with Gasteiger partial charge >= 0.3 is 0 Å². The molecule has 4 heterocycles. The van der Waals surface area contributed by atoms with E-state index in [0.717, 1.165) is 43.1 Å². The van der Waals surface area contributed by atoms with E-state index in [9.17, 15) is 4.79 Å². The van der Waals surface area contributed by atoms with Gasteiger partial charge < -0.3 is 19.7 Å². The second-order valence-electron chi connectivity index (χ2n) is 7.44. The number of aromatic nitrogens is 3. The molecule has 2 bridgehead atoms. The summed E-state index contributed by atoms with van der Waals surface area (Å²) in [4.78, 5) is 15.0. The molecule has 9 heteroatoms. The first-order valence-electron chi connectivity index (χ1n) is 9.56. The summed E-state index contributed by atoms with van der Waals surface area (Å²) < 4.78 is 12.9. The van der Waals surface area contributed by atoms with Gasteiger partial charge in [0.2, 0.25) is 0 Å². The number of nitrogens with zero attached hydrogens (tertiary/aromatic N) is 4. The maximum Gasteiger partial charge on any atom is 0.276 e. The van der Waals surface area contributed by atoms with Gasteiger partial charge in [0.15, 0.2) is 17.2 Å². The Morgan fingerprint density at radius 3 is 2.79 bits per heavy atom. The van der Waals surface area contributed by atoms with Gasteiger partial charge in [-0.15, -0.1) is 17.5 Å². The van der Waals surface area contributed by atoms with E-state index in [1.165, 1.54) is 6.42 Å². The third-order valence-corrected chi connectivity index (χ3v) is 5.68. The normalized spacial score (nSPS) is 23.1.